The van der Waals surface area contributed by atoms with Crippen molar-refractivity contribution in [3.05, 3.63) is 199 Å². The molecule has 0 unspecified atom stereocenters. The van der Waals surface area contributed by atoms with Gasteiger partial charge in [0, 0.05) is 39.5 Å². The molecule has 0 saturated carbocycles. The van der Waals surface area contributed by atoms with Gasteiger partial charge in [0.1, 0.15) is 0 Å². The zero-order chi connectivity index (χ0) is 44.8. The summed E-state index contributed by atoms with van der Waals surface area (Å²) in [6.45, 7) is 24.4. The van der Waals surface area contributed by atoms with Crippen molar-refractivity contribution in [1.29, 1.82) is 0 Å². The van der Waals surface area contributed by atoms with Crippen LogP contribution in [0.2, 0.25) is 19.6 Å². The van der Waals surface area contributed by atoms with E-state index < -0.39 is 8.07 Å². The molecule has 0 fully saturated rings. The van der Waals surface area contributed by atoms with E-state index in [1.807, 2.05) is 0 Å². The minimum Gasteiger partial charge on any atom is -0.311 e. The lowest BCUT2D eigenvalue weighted by Gasteiger charge is -2.53. The Morgan fingerprint density at radius 2 is 0.953 bits per heavy atom. The molecule has 0 atom stereocenters. The zero-order valence-electron chi connectivity index (χ0n) is 39.2. The van der Waals surface area contributed by atoms with Crippen LogP contribution in [0.15, 0.2) is 182 Å². The number of hydrogen-bond donors (Lipinski definition) is 0. The van der Waals surface area contributed by atoms with Gasteiger partial charge in [-0.1, -0.05) is 170 Å². The highest BCUT2D eigenvalue weighted by atomic mass is 28.3. The van der Waals surface area contributed by atoms with Crippen LogP contribution in [0.1, 0.15) is 58.2 Å². The molecule has 0 saturated heterocycles. The van der Waals surface area contributed by atoms with Crippen molar-refractivity contribution in [3.63, 3.8) is 0 Å². The lowest BCUT2D eigenvalue weighted by molar-refractivity contribution is 0.0965. The molecule has 64 heavy (non-hydrogen) atoms. The molecular weight excluding hydrogens is 789 g/mol. The Morgan fingerprint density at radius 1 is 0.422 bits per heavy atom. The van der Waals surface area contributed by atoms with Crippen LogP contribution >= 0.6 is 0 Å². The van der Waals surface area contributed by atoms with Crippen LogP contribution < -0.4 is 15.0 Å². The molecule has 10 rings (SSSR count). The molecule has 0 aliphatic heterocycles. The maximum atomic E-state index is 2.59. The van der Waals surface area contributed by atoms with E-state index in [-0.39, 0.29) is 16.2 Å². The van der Waals surface area contributed by atoms with Gasteiger partial charge >= 0.3 is 0 Å². The van der Waals surface area contributed by atoms with Crippen molar-refractivity contribution in [2.75, 3.05) is 9.80 Å². The molecule has 2 nitrogen and oxygen atoms in total. The third-order valence-corrected chi connectivity index (χ3v) is 16.2. The van der Waals surface area contributed by atoms with Crippen molar-refractivity contribution >= 4 is 79.7 Å². The van der Waals surface area contributed by atoms with E-state index in [0.717, 1.165) is 11.4 Å². The predicted molar refractivity (Wildman–Crippen MR) is 281 cm³/mol. The highest BCUT2D eigenvalue weighted by Crippen LogP contribution is 2.68. The number of fused-ring (bicyclic) bond motifs is 9. The molecule has 0 aromatic heterocycles. The van der Waals surface area contributed by atoms with E-state index >= 15 is 0 Å². The molecule has 318 valence electrons. The molecule has 0 spiro atoms. The molecule has 0 radical (unpaired) electrons. The number of benzene rings is 9. The van der Waals surface area contributed by atoms with Gasteiger partial charge in [0.05, 0.1) is 8.07 Å². The minimum atomic E-state index is -1.71. The third kappa shape index (κ3) is 6.42. The van der Waals surface area contributed by atoms with Gasteiger partial charge in [0.2, 0.25) is 0 Å². The second kappa shape index (κ2) is 15.1. The topological polar surface area (TPSA) is 6.48 Å². The van der Waals surface area contributed by atoms with Gasteiger partial charge < -0.3 is 9.80 Å². The van der Waals surface area contributed by atoms with Crippen LogP contribution in [-0.2, 0) is 5.41 Å². The van der Waals surface area contributed by atoms with Crippen LogP contribution in [-0.4, -0.2) is 8.07 Å². The molecule has 0 heterocycles. The first-order valence-corrected chi connectivity index (χ1v) is 26.5. The van der Waals surface area contributed by atoms with Gasteiger partial charge in [-0.25, -0.2) is 0 Å². The second-order valence-corrected chi connectivity index (χ2v) is 26.1. The van der Waals surface area contributed by atoms with Crippen molar-refractivity contribution in [2.24, 2.45) is 10.8 Å². The number of nitrogens with zero attached hydrogens (tertiary/aromatic N) is 2. The molecule has 3 heteroatoms. The highest BCUT2D eigenvalue weighted by Gasteiger charge is 2.58. The molecule has 0 amide bonds. The van der Waals surface area contributed by atoms with Gasteiger partial charge in [0.25, 0.3) is 0 Å². The van der Waals surface area contributed by atoms with Crippen LogP contribution in [0.5, 0.6) is 0 Å². The first-order valence-electron chi connectivity index (χ1n) is 23.0. The molecule has 1 aliphatic carbocycles. The van der Waals surface area contributed by atoms with Gasteiger partial charge in [-0.3, -0.25) is 0 Å². The Kier molecular flexibility index (Phi) is 9.81. The summed E-state index contributed by atoms with van der Waals surface area (Å²) in [5, 5.41) is 9.20. The number of hydrogen-bond acceptors (Lipinski definition) is 2. The molecule has 1 aliphatic rings. The fourth-order valence-electron chi connectivity index (χ4n) is 11.9. The van der Waals surface area contributed by atoms with E-state index in [1.165, 1.54) is 88.1 Å². The Balaban J connectivity index is 1.26. The predicted octanol–water partition coefficient (Wildman–Crippen LogP) is 17.3. The quantitative estimate of drug-likeness (QED) is 0.116. The largest absolute Gasteiger partial charge is 0.311 e. The maximum absolute atomic E-state index is 2.59. The smallest absolute Gasteiger partial charge is 0.0803 e. The summed E-state index contributed by atoms with van der Waals surface area (Å²) in [6.07, 6.45) is 0. The Bertz CT molecular complexity index is 3220. The third-order valence-electron chi connectivity index (χ3n) is 14.1. The van der Waals surface area contributed by atoms with Crippen molar-refractivity contribution in [1.82, 2.24) is 0 Å². The van der Waals surface area contributed by atoms with Crippen molar-refractivity contribution in [3.8, 4) is 11.1 Å². The lowest BCUT2D eigenvalue weighted by Crippen LogP contribution is -2.50. The molecule has 9 aromatic rings. The average molecular weight is 849 g/mol. The summed E-state index contributed by atoms with van der Waals surface area (Å²) in [5.74, 6) is 0. The fraction of sp³-hybridized carbons (Fsp3) is 0.213. The van der Waals surface area contributed by atoms with Gasteiger partial charge in [-0.15, -0.1) is 0 Å². The summed E-state index contributed by atoms with van der Waals surface area (Å²) in [4.78, 5) is 4.92. The first kappa shape index (κ1) is 41.6. The molecular formula is C61H60N2Si. The Labute approximate surface area is 381 Å². The fourth-order valence-corrected chi connectivity index (χ4v) is 13.4. The lowest BCUT2D eigenvalue weighted by atomic mass is 9.49. The first-order chi connectivity index (χ1) is 30.6. The van der Waals surface area contributed by atoms with Gasteiger partial charge in [0.15, 0.2) is 0 Å². The summed E-state index contributed by atoms with van der Waals surface area (Å²) >= 11 is 0. The van der Waals surface area contributed by atoms with Crippen molar-refractivity contribution < 1.29 is 0 Å². The molecule has 0 N–H and O–H groups in total. The zero-order valence-corrected chi connectivity index (χ0v) is 40.2. The van der Waals surface area contributed by atoms with E-state index in [2.05, 4.69) is 260 Å². The number of para-hydroxylation sites is 4. The summed E-state index contributed by atoms with van der Waals surface area (Å²) in [5.41, 5.74) is 13.3. The van der Waals surface area contributed by atoms with Crippen LogP contribution in [0.3, 0.4) is 0 Å². The summed E-state index contributed by atoms with van der Waals surface area (Å²) < 4.78 is 0. The second-order valence-electron chi connectivity index (χ2n) is 21.1. The summed E-state index contributed by atoms with van der Waals surface area (Å²) in [6, 6.07) is 68.3. The van der Waals surface area contributed by atoms with Gasteiger partial charge in [-0.05, 0) is 156 Å². The standard InChI is InChI=1S/C61H60N2Si/c1-41-23-17-20-30-54(41)62(44-24-13-11-14-25-44)47-35-36-50-51(40-47)48-28-18-19-29-49(48)57-52-38-42-33-34-46(37-43(42)39-53(52)61(58(50)57,59(2,3)4)60(5,6)7)63(45-26-15-12-16-27-45)55-31-21-22-32-56(55)64(8,9)10/h11-40H,1-10H3. The monoisotopic (exact) mass is 848 g/mol. The molecule has 0 bridgehead atoms. The van der Waals surface area contributed by atoms with E-state index in [1.54, 1.807) is 0 Å². The minimum absolute atomic E-state index is 0.159. The summed E-state index contributed by atoms with van der Waals surface area (Å²) in [7, 11) is -1.71. The van der Waals surface area contributed by atoms with Crippen LogP contribution in [0.4, 0.5) is 34.1 Å². The maximum Gasteiger partial charge on any atom is 0.0803 e. The highest BCUT2D eigenvalue weighted by molar-refractivity contribution is 6.89. The van der Waals surface area contributed by atoms with Crippen LogP contribution in [0.25, 0.3) is 43.4 Å². The van der Waals surface area contributed by atoms with Crippen molar-refractivity contribution in [2.45, 2.75) is 73.5 Å². The number of rotatable bonds is 7. The van der Waals surface area contributed by atoms with E-state index in [4.69, 9.17) is 0 Å². The van der Waals surface area contributed by atoms with Gasteiger partial charge in [-0.2, -0.15) is 0 Å². The van der Waals surface area contributed by atoms with E-state index in [9.17, 15) is 0 Å². The average Bonchev–Trinajstić information content (AvgIpc) is 3.59. The van der Waals surface area contributed by atoms with Crippen LogP contribution in [0, 0.1) is 17.8 Å². The SMILES string of the molecule is Cc1ccccc1N(c1ccccc1)c1ccc2c3c(c4ccccc4c2c1)-c1cc2ccc(N(c4ccccc4)c4ccccc4[Si](C)(C)C)cc2cc1C3(C(C)(C)C)C(C)(C)C. The number of anilines is 6. The number of aryl methyl sites for hydroxylation is 1. The Hall–Kier alpha value is -6.42. The molecule has 9 aromatic carbocycles. The van der Waals surface area contributed by atoms with E-state index in [0.29, 0.717) is 0 Å². The normalized spacial score (nSPS) is 13.6. The Morgan fingerprint density at radius 3 is 1.58 bits per heavy atom.